The molecule has 5 N–H and O–H groups in total. The Labute approximate surface area is 151 Å². The number of nitrogens with zero attached hydrogens (tertiary/aromatic N) is 2. The highest BCUT2D eigenvalue weighted by Crippen LogP contribution is 2.17. The highest BCUT2D eigenvalue weighted by molar-refractivity contribution is 7.87. The topological polar surface area (TPSA) is 133 Å². The summed E-state index contributed by atoms with van der Waals surface area (Å²) in [6.07, 6.45) is 1.22. The number of benzene rings is 1. The van der Waals surface area contributed by atoms with E-state index >= 15 is 0 Å². The van der Waals surface area contributed by atoms with E-state index in [0.29, 0.717) is 31.7 Å². The first-order chi connectivity index (χ1) is 12.4. The van der Waals surface area contributed by atoms with Crippen LogP contribution in [-0.4, -0.2) is 37.5 Å². The van der Waals surface area contributed by atoms with Crippen LogP contribution in [0.25, 0.3) is 0 Å². The third-order valence-electron chi connectivity index (χ3n) is 4.20. The standard InChI is InChI=1S/C16H22N6O3S/c17-16-19-14(10-15(23)20-16)22-8-6-13(7-9-22)21-26(24,25)18-11-12-4-2-1-3-5-12/h1-5,10,13,18,21H,6-9,11H2,(H3,17,19,20,23). The molecule has 140 valence electrons. The first-order valence-electron chi connectivity index (χ1n) is 8.34. The summed E-state index contributed by atoms with van der Waals surface area (Å²) in [7, 11) is -3.58. The molecule has 0 aliphatic carbocycles. The fourth-order valence-electron chi connectivity index (χ4n) is 2.89. The molecular formula is C16H22N6O3S. The summed E-state index contributed by atoms with van der Waals surface area (Å²) in [6.45, 7) is 1.41. The second-order valence-corrected chi connectivity index (χ2v) is 7.71. The van der Waals surface area contributed by atoms with Crippen LogP contribution in [0.3, 0.4) is 0 Å². The first-order valence-corrected chi connectivity index (χ1v) is 9.82. The van der Waals surface area contributed by atoms with Gasteiger partial charge in [0.05, 0.1) is 0 Å². The van der Waals surface area contributed by atoms with Crippen LogP contribution in [0.1, 0.15) is 18.4 Å². The maximum absolute atomic E-state index is 12.2. The Morgan fingerprint density at radius 3 is 2.58 bits per heavy atom. The summed E-state index contributed by atoms with van der Waals surface area (Å²) < 4.78 is 29.6. The monoisotopic (exact) mass is 378 g/mol. The van der Waals surface area contributed by atoms with Crippen molar-refractivity contribution >= 4 is 22.0 Å². The number of anilines is 2. The minimum absolute atomic E-state index is 0.0699. The van der Waals surface area contributed by atoms with Gasteiger partial charge in [0.2, 0.25) is 5.95 Å². The van der Waals surface area contributed by atoms with Crippen molar-refractivity contribution in [3.8, 4) is 0 Å². The summed E-state index contributed by atoms with van der Waals surface area (Å²) >= 11 is 0. The van der Waals surface area contributed by atoms with Gasteiger partial charge >= 0.3 is 0 Å². The van der Waals surface area contributed by atoms with Crippen molar-refractivity contribution < 1.29 is 8.42 Å². The van der Waals surface area contributed by atoms with Crippen LogP contribution < -0.4 is 25.6 Å². The smallest absolute Gasteiger partial charge is 0.277 e. The molecule has 3 rings (SSSR count). The number of H-pyrrole nitrogens is 1. The molecule has 1 aliphatic rings. The van der Waals surface area contributed by atoms with Crippen LogP contribution in [0.4, 0.5) is 11.8 Å². The van der Waals surface area contributed by atoms with Crippen molar-refractivity contribution in [2.24, 2.45) is 0 Å². The van der Waals surface area contributed by atoms with Crippen LogP contribution in [0.5, 0.6) is 0 Å². The second kappa shape index (κ2) is 7.85. The van der Waals surface area contributed by atoms with Gasteiger partial charge in [-0.15, -0.1) is 0 Å². The third-order valence-corrected chi connectivity index (χ3v) is 5.36. The molecule has 0 radical (unpaired) electrons. The molecule has 0 amide bonds. The Kier molecular flexibility index (Phi) is 5.55. The van der Waals surface area contributed by atoms with E-state index in [9.17, 15) is 13.2 Å². The fourth-order valence-corrected chi connectivity index (χ4v) is 4.00. The Morgan fingerprint density at radius 2 is 1.92 bits per heavy atom. The highest BCUT2D eigenvalue weighted by Gasteiger charge is 2.24. The minimum Gasteiger partial charge on any atom is -0.369 e. The Hall–Kier alpha value is -2.43. The minimum atomic E-state index is -3.58. The van der Waals surface area contributed by atoms with Crippen LogP contribution >= 0.6 is 0 Å². The molecular weight excluding hydrogens is 356 g/mol. The molecule has 1 aliphatic heterocycles. The van der Waals surface area contributed by atoms with Gasteiger partial charge in [-0.1, -0.05) is 30.3 Å². The zero-order chi connectivity index (χ0) is 18.6. The number of nitrogen functional groups attached to an aromatic ring is 1. The molecule has 0 atom stereocenters. The van der Waals surface area contributed by atoms with Gasteiger partial charge in [-0.05, 0) is 18.4 Å². The van der Waals surface area contributed by atoms with Crippen molar-refractivity contribution in [2.45, 2.75) is 25.4 Å². The Morgan fingerprint density at radius 1 is 1.23 bits per heavy atom. The normalized spacial score (nSPS) is 15.9. The zero-order valence-corrected chi connectivity index (χ0v) is 15.0. The number of rotatable bonds is 6. The molecule has 0 saturated carbocycles. The number of hydrogen-bond donors (Lipinski definition) is 4. The van der Waals surface area contributed by atoms with Gasteiger partial charge in [-0.2, -0.15) is 22.8 Å². The number of nitrogens with one attached hydrogen (secondary N) is 3. The molecule has 1 fully saturated rings. The second-order valence-electron chi connectivity index (χ2n) is 6.18. The van der Waals surface area contributed by atoms with Gasteiger partial charge in [0, 0.05) is 31.7 Å². The maximum Gasteiger partial charge on any atom is 0.277 e. The van der Waals surface area contributed by atoms with E-state index in [1.54, 1.807) is 0 Å². The summed E-state index contributed by atoms with van der Waals surface area (Å²) in [5.41, 5.74) is 6.15. The van der Waals surface area contributed by atoms with Gasteiger partial charge < -0.3 is 10.6 Å². The predicted molar refractivity (Wildman–Crippen MR) is 99.8 cm³/mol. The van der Waals surface area contributed by atoms with E-state index in [4.69, 9.17) is 5.73 Å². The molecule has 2 heterocycles. The fraction of sp³-hybridized carbons (Fsp3) is 0.375. The van der Waals surface area contributed by atoms with Crippen LogP contribution in [0.15, 0.2) is 41.2 Å². The number of aromatic nitrogens is 2. The predicted octanol–water partition coefficient (Wildman–Crippen LogP) is -0.0549. The molecule has 10 heteroatoms. The lowest BCUT2D eigenvalue weighted by atomic mass is 10.1. The SMILES string of the molecule is Nc1nc(N2CCC(NS(=O)(=O)NCc3ccccc3)CC2)cc(=O)[nH]1. The van der Waals surface area contributed by atoms with Gasteiger partial charge in [-0.3, -0.25) is 9.78 Å². The van der Waals surface area contributed by atoms with E-state index in [-0.39, 0.29) is 24.1 Å². The molecule has 0 unspecified atom stereocenters. The molecule has 1 saturated heterocycles. The first kappa shape index (κ1) is 18.4. The average molecular weight is 378 g/mol. The largest absolute Gasteiger partial charge is 0.369 e. The van der Waals surface area contributed by atoms with Gasteiger partial charge in [-0.25, -0.2) is 0 Å². The van der Waals surface area contributed by atoms with E-state index in [1.165, 1.54) is 6.07 Å². The van der Waals surface area contributed by atoms with E-state index in [0.717, 1.165) is 5.56 Å². The van der Waals surface area contributed by atoms with Crippen molar-refractivity contribution in [1.82, 2.24) is 19.4 Å². The van der Waals surface area contributed by atoms with Gasteiger partial charge in [0.15, 0.2) is 0 Å². The molecule has 9 nitrogen and oxygen atoms in total. The number of hydrogen-bond acceptors (Lipinski definition) is 6. The molecule has 26 heavy (non-hydrogen) atoms. The summed E-state index contributed by atoms with van der Waals surface area (Å²) in [4.78, 5) is 19.9. The lowest BCUT2D eigenvalue weighted by Gasteiger charge is -2.32. The molecule has 1 aromatic heterocycles. The zero-order valence-electron chi connectivity index (χ0n) is 14.2. The van der Waals surface area contributed by atoms with E-state index in [1.807, 2.05) is 35.2 Å². The number of nitrogens with two attached hydrogens (primary N) is 1. The van der Waals surface area contributed by atoms with E-state index in [2.05, 4.69) is 19.4 Å². The lowest BCUT2D eigenvalue weighted by molar-refractivity contribution is 0.454. The molecule has 1 aromatic carbocycles. The van der Waals surface area contributed by atoms with Crippen LogP contribution in [-0.2, 0) is 16.8 Å². The maximum atomic E-state index is 12.2. The Balaban J connectivity index is 1.52. The summed E-state index contributed by atoms with van der Waals surface area (Å²) in [5, 5.41) is 0. The van der Waals surface area contributed by atoms with Crippen molar-refractivity contribution in [1.29, 1.82) is 0 Å². The lowest BCUT2D eigenvalue weighted by Crippen LogP contribution is -2.48. The van der Waals surface area contributed by atoms with Crippen molar-refractivity contribution in [3.63, 3.8) is 0 Å². The summed E-state index contributed by atoms with van der Waals surface area (Å²) in [6, 6.07) is 10.6. The van der Waals surface area contributed by atoms with Crippen molar-refractivity contribution in [3.05, 3.63) is 52.3 Å². The van der Waals surface area contributed by atoms with Crippen LogP contribution in [0.2, 0.25) is 0 Å². The quantitative estimate of drug-likeness (QED) is 0.557. The summed E-state index contributed by atoms with van der Waals surface area (Å²) in [5.74, 6) is 0.579. The molecule has 0 bridgehead atoms. The van der Waals surface area contributed by atoms with Crippen LogP contribution in [0, 0.1) is 0 Å². The Bertz CT molecular complexity index is 892. The molecule has 0 spiro atoms. The van der Waals surface area contributed by atoms with E-state index < -0.39 is 10.2 Å². The van der Waals surface area contributed by atoms with Crippen molar-refractivity contribution in [2.75, 3.05) is 23.7 Å². The third kappa shape index (κ3) is 5.04. The van der Waals surface area contributed by atoms with Gasteiger partial charge in [0.25, 0.3) is 15.8 Å². The highest BCUT2D eigenvalue weighted by atomic mass is 32.2. The number of piperidine rings is 1. The number of aromatic amines is 1. The van der Waals surface area contributed by atoms with Gasteiger partial charge in [0.1, 0.15) is 5.82 Å². The molecule has 2 aromatic rings. The average Bonchev–Trinajstić information content (AvgIpc) is 2.60.